The summed E-state index contributed by atoms with van der Waals surface area (Å²) in [5, 5.41) is 3.14. The van der Waals surface area contributed by atoms with Crippen LogP contribution in [0.3, 0.4) is 0 Å². The standard InChI is InChI=1S/C20H20F3NO2/c21-20(22,23)17-8-6-14(7-9-17)10-16-11-18(24-12-16)19(25)26-13-15-4-2-1-3-5-15/h1-9,16,18,24H,10-13H2/t16-,18+/m1/s1. The van der Waals surface area contributed by atoms with Crippen LogP contribution >= 0.6 is 0 Å². The van der Waals surface area contributed by atoms with E-state index in [1.165, 1.54) is 12.1 Å². The second-order valence-corrected chi connectivity index (χ2v) is 6.55. The largest absolute Gasteiger partial charge is 0.460 e. The number of rotatable bonds is 5. The molecule has 1 heterocycles. The zero-order valence-electron chi connectivity index (χ0n) is 14.1. The molecule has 0 amide bonds. The number of nitrogens with one attached hydrogen (secondary N) is 1. The lowest BCUT2D eigenvalue weighted by Gasteiger charge is -2.12. The highest BCUT2D eigenvalue weighted by atomic mass is 19.4. The minimum Gasteiger partial charge on any atom is -0.460 e. The minimum absolute atomic E-state index is 0.195. The highest BCUT2D eigenvalue weighted by Gasteiger charge is 2.32. The first kappa shape index (κ1) is 18.5. The van der Waals surface area contributed by atoms with Gasteiger partial charge in [0.15, 0.2) is 0 Å². The van der Waals surface area contributed by atoms with Gasteiger partial charge in [0.05, 0.1) is 5.56 Å². The normalized spacial score (nSPS) is 20.1. The lowest BCUT2D eigenvalue weighted by atomic mass is 9.96. The van der Waals surface area contributed by atoms with Crippen LogP contribution in [0.4, 0.5) is 13.2 Å². The number of hydrogen-bond donors (Lipinski definition) is 1. The molecule has 138 valence electrons. The fourth-order valence-electron chi connectivity index (χ4n) is 3.14. The van der Waals surface area contributed by atoms with Crippen LogP contribution in [0.5, 0.6) is 0 Å². The molecule has 26 heavy (non-hydrogen) atoms. The maximum Gasteiger partial charge on any atom is 0.416 e. The van der Waals surface area contributed by atoms with Crippen molar-refractivity contribution in [2.45, 2.75) is 31.7 Å². The van der Waals surface area contributed by atoms with E-state index >= 15 is 0 Å². The van der Waals surface area contributed by atoms with Crippen molar-refractivity contribution in [3.63, 3.8) is 0 Å². The van der Waals surface area contributed by atoms with Crippen LogP contribution in [0.2, 0.25) is 0 Å². The topological polar surface area (TPSA) is 38.3 Å². The van der Waals surface area contributed by atoms with Gasteiger partial charge >= 0.3 is 12.1 Å². The predicted molar refractivity (Wildman–Crippen MR) is 91.3 cm³/mol. The van der Waals surface area contributed by atoms with E-state index in [2.05, 4.69) is 5.32 Å². The lowest BCUT2D eigenvalue weighted by Crippen LogP contribution is -2.32. The van der Waals surface area contributed by atoms with Crippen molar-refractivity contribution in [2.75, 3.05) is 6.54 Å². The molecule has 0 radical (unpaired) electrons. The minimum atomic E-state index is -4.32. The van der Waals surface area contributed by atoms with E-state index in [0.29, 0.717) is 19.4 Å². The second kappa shape index (κ2) is 7.91. The van der Waals surface area contributed by atoms with Gasteiger partial charge in [0.1, 0.15) is 12.6 Å². The molecule has 0 aliphatic carbocycles. The molecule has 2 atom stereocenters. The van der Waals surface area contributed by atoms with E-state index in [1.54, 1.807) is 0 Å². The van der Waals surface area contributed by atoms with Gasteiger partial charge in [-0.15, -0.1) is 0 Å². The van der Waals surface area contributed by atoms with Crippen molar-refractivity contribution in [2.24, 2.45) is 5.92 Å². The summed E-state index contributed by atoms with van der Waals surface area (Å²) in [5.41, 5.74) is 1.12. The number of carbonyl (C=O) groups excluding carboxylic acids is 1. The van der Waals surface area contributed by atoms with Gasteiger partial charge in [-0.25, -0.2) is 0 Å². The number of hydrogen-bond acceptors (Lipinski definition) is 3. The van der Waals surface area contributed by atoms with Crippen LogP contribution in [0.15, 0.2) is 54.6 Å². The number of benzene rings is 2. The summed E-state index contributed by atoms with van der Waals surface area (Å²) in [4.78, 5) is 12.2. The van der Waals surface area contributed by atoms with Crippen LogP contribution in [0.1, 0.15) is 23.1 Å². The molecule has 1 aliphatic heterocycles. The Morgan fingerprint density at radius 3 is 2.38 bits per heavy atom. The van der Waals surface area contributed by atoms with E-state index in [-0.39, 0.29) is 24.5 Å². The maximum atomic E-state index is 12.6. The Morgan fingerprint density at radius 2 is 1.73 bits per heavy atom. The Labute approximate surface area is 150 Å². The Kier molecular flexibility index (Phi) is 5.61. The van der Waals surface area contributed by atoms with Crippen molar-refractivity contribution in [1.29, 1.82) is 0 Å². The third kappa shape index (κ3) is 4.85. The molecule has 0 aromatic heterocycles. The summed E-state index contributed by atoms with van der Waals surface area (Å²) in [6.07, 6.45) is -3.07. The molecule has 0 spiro atoms. The fourth-order valence-corrected chi connectivity index (χ4v) is 3.14. The monoisotopic (exact) mass is 363 g/mol. The highest BCUT2D eigenvalue weighted by molar-refractivity contribution is 5.76. The molecule has 2 aromatic rings. The Hall–Kier alpha value is -2.34. The zero-order valence-corrected chi connectivity index (χ0v) is 14.1. The molecule has 3 rings (SSSR count). The van der Waals surface area contributed by atoms with Gasteiger partial charge in [-0.2, -0.15) is 13.2 Å². The third-order valence-corrected chi connectivity index (χ3v) is 4.54. The quantitative estimate of drug-likeness (QED) is 0.817. The van der Waals surface area contributed by atoms with E-state index < -0.39 is 11.7 Å². The van der Waals surface area contributed by atoms with Crippen molar-refractivity contribution >= 4 is 5.97 Å². The second-order valence-electron chi connectivity index (χ2n) is 6.55. The average molecular weight is 363 g/mol. The molecular weight excluding hydrogens is 343 g/mol. The van der Waals surface area contributed by atoms with Crippen LogP contribution in [-0.4, -0.2) is 18.6 Å². The van der Waals surface area contributed by atoms with Gasteiger partial charge in [-0.3, -0.25) is 4.79 Å². The summed E-state index contributed by atoms with van der Waals surface area (Å²) in [7, 11) is 0. The third-order valence-electron chi connectivity index (χ3n) is 4.54. The SMILES string of the molecule is O=C(OCc1ccccc1)[C@@H]1C[C@@H](Cc2ccc(C(F)(F)F)cc2)CN1. The zero-order chi connectivity index (χ0) is 18.6. The smallest absolute Gasteiger partial charge is 0.416 e. The van der Waals surface area contributed by atoms with Crippen molar-refractivity contribution in [3.8, 4) is 0 Å². The van der Waals surface area contributed by atoms with Gasteiger partial charge < -0.3 is 10.1 Å². The molecule has 3 nitrogen and oxygen atoms in total. The lowest BCUT2D eigenvalue weighted by molar-refractivity contribution is -0.147. The summed E-state index contributed by atoms with van der Waals surface area (Å²) in [5.74, 6) is -0.0928. The van der Waals surface area contributed by atoms with Crippen molar-refractivity contribution in [3.05, 3.63) is 71.3 Å². The van der Waals surface area contributed by atoms with Gasteiger partial charge in [0.2, 0.25) is 0 Å². The first-order valence-corrected chi connectivity index (χ1v) is 8.52. The molecule has 1 fully saturated rings. The van der Waals surface area contributed by atoms with Crippen LogP contribution < -0.4 is 5.32 Å². The van der Waals surface area contributed by atoms with E-state index in [1.807, 2.05) is 30.3 Å². The average Bonchev–Trinajstić information content (AvgIpc) is 3.09. The first-order valence-electron chi connectivity index (χ1n) is 8.52. The van der Waals surface area contributed by atoms with Crippen LogP contribution in [-0.2, 0) is 28.7 Å². The Bertz CT molecular complexity index is 729. The van der Waals surface area contributed by atoms with Crippen LogP contribution in [0, 0.1) is 5.92 Å². The van der Waals surface area contributed by atoms with Gasteiger partial charge in [-0.1, -0.05) is 42.5 Å². The van der Waals surface area contributed by atoms with Crippen molar-refractivity contribution in [1.82, 2.24) is 5.32 Å². The predicted octanol–water partition coefficient (Wildman–Crippen LogP) is 3.97. The molecule has 1 N–H and O–H groups in total. The molecule has 2 aromatic carbocycles. The molecule has 0 saturated carbocycles. The number of esters is 1. The molecule has 0 bridgehead atoms. The summed E-state index contributed by atoms with van der Waals surface area (Å²) >= 11 is 0. The van der Waals surface area contributed by atoms with E-state index in [0.717, 1.165) is 23.3 Å². The summed E-state index contributed by atoms with van der Waals surface area (Å²) in [6, 6.07) is 14.3. The molecule has 6 heteroatoms. The molecule has 1 aliphatic rings. The van der Waals surface area contributed by atoms with Gasteiger partial charge in [-0.05, 0) is 48.6 Å². The number of alkyl halides is 3. The van der Waals surface area contributed by atoms with E-state index in [9.17, 15) is 18.0 Å². The number of carbonyl (C=O) groups is 1. The maximum absolute atomic E-state index is 12.6. The highest BCUT2D eigenvalue weighted by Crippen LogP contribution is 2.30. The first-order chi connectivity index (χ1) is 12.4. The Balaban J connectivity index is 1.48. The van der Waals surface area contributed by atoms with Crippen LogP contribution in [0.25, 0.3) is 0 Å². The summed E-state index contributed by atoms with van der Waals surface area (Å²) in [6.45, 7) is 0.882. The van der Waals surface area contributed by atoms with Crippen molar-refractivity contribution < 1.29 is 22.7 Å². The number of halogens is 3. The molecule has 1 saturated heterocycles. The van der Waals surface area contributed by atoms with Gasteiger partial charge in [0, 0.05) is 0 Å². The molecular formula is C20H20F3NO2. The molecule has 0 unspecified atom stereocenters. The number of ether oxygens (including phenoxy) is 1. The fraction of sp³-hybridized carbons (Fsp3) is 0.350. The van der Waals surface area contributed by atoms with Gasteiger partial charge in [0.25, 0.3) is 0 Å². The Morgan fingerprint density at radius 1 is 1.04 bits per heavy atom. The van der Waals surface area contributed by atoms with E-state index in [4.69, 9.17) is 4.74 Å². The summed E-state index contributed by atoms with van der Waals surface area (Å²) < 4.78 is 43.1.